The van der Waals surface area contributed by atoms with E-state index in [1.54, 1.807) is 0 Å². The van der Waals surface area contributed by atoms with E-state index in [2.05, 4.69) is 0 Å². The first-order valence-corrected chi connectivity index (χ1v) is 7.84. The molecule has 1 N–H and O–H groups in total. The summed E-state index contributed by atoms with van der Waals surface area (Å²) < 4.78 is 30.2. The summed E-state index contributed by atoms with van der Waals surface area (Å²) >= 11 is 5.70. The average Bonchev–Trinajstić information content (AvgIpc) is 2.41. The minimum absolute atomic E-state index is 0.101. The molecule has 0 spiro atoms. The zero-order valence-corrected chi connectivity index (χ0v) is 12.1. The van der Waals surface area contributed by atoms with Crippen LogP contribution in [0.4, 0.5) is 0 Å². The molecule has 6 nitrogen and oxygen atoms in total. The zero-order valence-electron chi connectivity index (χ0n) is 10.5. The van der Waals surface area contributed by atoms with Crippen molar-refractivity contribution in [1.82, 2.24) is 4.31 Å². The highest BCUT2D eigenvalue weighted by atomic mass is 35.5. The lowest BCUT2D eigenvalue weighted by Gasteiger charge is -2.30. The van der Waals surface area contributed by atoms with Gasteiger partial charge < -0.3 is 9.29 Å². The Kier molecular flexibility index (Phi) is 4.52. The molecule has 1 aliphatic heterocycles. The lowest BCUT2D eigenvalue weighted by atomic mass is 10.1. The number of hydrogen-bond acceptors (Lipinski definition) is 4. The number of carboxylic acids is 1. The maximum Gasteiger partial charge on any atom is 0.385 e. The number of rotatable bonds is 4. The van der Waals surface area contributed by atoms with Gasteiger partial charge in [0.1, 0.15) is 11.8 Å². The van der Waals surface area contributed by atoms with Gasteiger partial charge in [-0.25, -0.2) is 0 Å². The number of carboxylic acid groups (broad SMARTS) is 1. The van der Waals surface area contributed by atoms with Crippen molar-refractivity contribution < 1.29 is 22.5 Å². The van der Waals surface area contributed by atoms with Gasteiger partial charge >= 0.3 is 16.3 Å². The molecule has 0 aromatic heterocycles. The second kappa shape index (κ2) is 5.99. The van der Waals surface area contributed by atoms with Crippen molar-refractivity contribution in [2.45, 2.75) is 25.3 Å². The monoisotopic (exact) mass is 319 g/mol. The van der Waals surface area contributed by atoms with E-state index in [-0.39, 0.29) is 12.3 Å². The van der Waals surface area contributed by atoms with Crippen molar-refractivity contribution in [3.8, 4) is 5.75 Å². The van der Waals surface area contributed by atoms with Crippen LogP contribution in [0.15, 0.2) is 24.3 Å². The summed E-state index contributed by atoms with van der Waals surface area (Å²) in [6, 6.07) is 4.76. The molecule has 0 radical (unpaired) electrons. The van der Waals surface area contributed by atoms with Crippen LogP contribution in [0.1, 0.15) is 19.3 Å². The standard InChI is InChI=1S/C12H14ClNO5S/c13-9-4-6-10(7-5-9)19-20(17,18)14-8-2-1-3-11(14)12(15)16/h4-7,11H,1-3,8H2,(H,15,16)/t11-/m0/s1. The van der Waals surface area contributed by atoms with Crippen LogP contribution >= 0.6 is 11.6 Å². The number of halogens is 1. The van der Waals surface area contributed by atoms with Crippen LogP contribution in [-0.2, 0) is 15.1 Å². The van der Waals surface area contributed by atoms with Gasteiger partial charge in [0, 0.05) is 11.6 Å². The van der Waals surface area contributed by atoms with Crippen LogP contribution in [0, 0.1) is 0 Å². The van der Waals surface area contributed by atoms with Gasteiger partial charge in [0.2, 0.25) is 0 Å². The molecule has 1 heterocycles. The fraction of sp³-hybridized carbons (Fsp3) is 0.417. The van der Waals surface area contributed by atoms with Crippen molar-refractivity contribution in [1.29, 1.82) is 0 Å². The van der Waals surface area contributed by atoms with Crippen LogP contribution in [0.3, 0.4) is 0 Å². The normalized spacial score (nSPS) is 20.6. The van der Waals surface area contributed by atoms with Crippen molar-refractivity contribution in [2.24, 2.45) is 0 Å². The number of benzene rings is 1. The number of piperidine rings is 1. The van der Waals surface area contributed by atoms with E-state index in [9.17, 15) is 13.2 Å². The van der Waals surface area contributed by atoms with E-state index in [0.717, 1.165) is 4.31 Å². The highest BCUT2D eigenvalue weighted by Gasteiger charge is 2.38. The third-order valence-electron chi connectivity index (χ3n) is 3.04. The number of carbonyl (C=O) groups is 1. The first-order valence-electron chi connectivity index (χ1n) is 6.10. The summed E-state index contributed by atoms with van der Waals surface area (Å²) in [5.41, 5.74) is 0. The summed E-state index contributed by atoms with van der Waals surface area (Å²) in [5, 5.41) is 9.55. The van der Waals surface area contributed by atoms with Crippen LogP contribution in [0.5, 0.6) is 5.75 Å². The average molecular weight is 320 g/mol. The second-order valence-corrected chi connectivity index (χ2v) is 6.38. The van der Waals surface area contributed by atoms with Crippen molar-refractivity contribution >= 4 is 27.9 Å². The summed E-state index contributed by atoms with van der Waals surface area (Å²) in [7, 11) is -4.13. The molecule has 1 saturated heterocycles. The van der Waals surface area contributed by atoms with E-state index >= 15 is 0 Å². The SMILES string of the molecule is O=C(O)[C@@H]1CCCCN1S(=O)(=O)Oc1ccc(Cl)cc1. The predicted octanol–water partition coefficient (Wildman–Crippen LogP) is 1.90. The van der Waals surface area contributed by atoms with E-state index in [4.69, 9.17) is 20.9 Å². The molecule has 0 unspecified atom stereocenters. The molecule has 2 rings (SSSR count). The molecule has 8 heteroatoms. The molecule has 1 aliphatic rings. The Balaban J connectivity index is 2.20. The zero-order chi connectivity index (χ0) is 14.8. The van der Waals surface area contributed by atoms with Gasteiger partial charge in [-0.15, -0.1) is 0 Å². The maximum atomic E-state index is 12.2. The first kappa shape index (κ1) is 15.1. The van der Waals surface area contributed by atoms with Crippen molar-refractivity contribution in [3.63, 3.8) is 0 Å². The van der Waals surface area contributed by atoms with Gasteiger partial charge in [0.25, 0.3) is 0 Å². The van der Waals surface area contributed by atoms with Crippen LogP contribution < -0.4 is 4.18 Å². The largest absolute Gasteiger partial charge is 0.480 e. The summed E-state index contributed by atoms with van der Waals surface area (Å²) in [6.45, 7) is 0.146. The Hall–Kier alpha value is -1.31. The van der Waals surface area contributed by atoms with Gasteiger partial charge in [-0.05, 0) is 43.5 Å². The molecule has 110 valence electrons. The summed E-state index contributed by atoms with van der Waals surface area (Å²) in [6.07, 6.45) is 1.59. The van der Waals surface area contributed by atoms with Gasteiger partial charge in [-0.2, -0.15) is 12.7 Å². The fourth-order valence-electron chi connectivity index (χ4n) is 2.08. The van der Waals surface area contributed by atoms with Crippen molar-refractivity contribution in [3.05, 3.63) is 29.3 Å². The van der Waals surface area contributed by atoms with Crippen LogP contribution in [0.25, 0.3) is 0 Å². The van der Waals surface area contributed by atoms with E-state index in [1.807, 2.05) is 0 Å². The molecule has 20 heavy (non-hydrogen) atoms. The minimum Gasteiger partial charge on any atom is -0.480 e. The van der Waals surface area contributed by atoms with E-state index in [0.29, 0.717) is 24.3 Å². The van der Waals surface area contributed by atoms with Crippen LogP contribution in [-0.4, -0.2) is 36.4 Å². The Labute approximate surface area is 122 Å². The van der Waals surface area contributed by atoms with Gasteiger partial charge in [-0.1, -0.05) is 11.6 Å². The fourth-order valence-corrected chi connectivity index (χ4v) is 3.52. The highest BCUT2D eigenvalue weighted by Crippen LogP contribution is 2.24. The molecule has 0 aliphatic carbocycles. The van der Waals surface area contributed by atoms with E-state index in [1.165, 1.54) is 24.3 Å². The predicted molar refractivity (Wildman–Crippen MR) is 73.0 cm³/mol. The van der Waals surface area contributed by atoms with E-state index < -0.39 is 22.3 Å². The second-order valence-electron chi connectivity index (χ2n) is 4.46. The first-order chi connectivity index (χ1) is 9.40. The molecule has 0 amide bonds. The number of aliphatic carboxylic acids is 1. The summed E-state index contributed by atoms with van der Waals surface area (Å²) in [5.74, 6) is -1.06. The highest BCUT2D eigenvalue weighted by molar-refractivity contribution is 7.84. The Morgan fingerprint density at radius 1 is 1.30 bits per heavy atom. The lowest BCUT2D eigenvalue weighted by molar-refractivity contribution is -0.142. The number of hydrogen-bond donors (Lipinski definition) is 1. The maximum absolute atomic E-state index is 12.2. The lowest BCUT2D eigenvalue weighted by Crippen LogP contribution is -2.49. The molecular formula is C12H14ClNO5S. The molecule has 1 aromatic rings. The third-order valence-corrected chi connectivity index (χ3v) is 4.71. The smallest absolute Gasteiger partial charge is 0.385 e. The van der Waals surface area contributed by atoms with Crippen molar-refractivity contribution in [2.75, 3.05) is 6.54 Å². The van der Waals surface area contributed by atoms with Gasteiger partial charge in [-0.3, -0.25) is 4.79 Å². The Morgan fingerprint density at radius 2 is 1.95 bits per heavy atom. The van der Waals surface area contributed by atoms with Crippen LogP contribution in [0.2, 0.25) is 5.02 Å². The topological polar surface area (TPSA) is 83.9 Å². The Bertz CT molecular complexity index is 586. The summed E-state index contributed by atoms with van der Waals surface area (Å²) in [4.78, 5) is 11.1. The molecule has 1 atom stereocenters. The Morgan fingerprint density at radius 3 is 2.55 bits per heavy atom. The molecule has 0 bridgehead atoms. The number of nitrogens with zero attached hydrogens (tertiary/aromatic N) is 1. The minimum atomic E-state index is -4.13. The van der Waals surface area contributed by atoms with Gasteiger partial charge in [0.15, 0.2) is 0 Å². The molecule has 0 saturated carbocycles. The molecular weight excluding hydrogens is 306 g/mol. The molecule has 1 aromatic carbocycles. The van der Waals surface area contributed by atoms with Gasteiger partial charge in [0.05, 0.1) is 0 Å². The molecule has 1 fully saturated rings. The third kappa shape index (κ3) is 3.41. The quantitative estimate of drug-likeness (QED) is 0.916.